The standard InChI is InChI=1S/C21H33N5O/c1-22-20(26-15-12-21(17-26)10-5-3-6-11-21)24-16-19(27)25(2)14-9-18-8-4-7-13-23-18/h4,7-8,13H,3,5-6,9-12,14-17H2,1-2H3,(H,22,24). The van der Waals surface area contributed by atoms with Crippen LogP contribution in [0.3, 0.4) is 0 Å². The first kappa shape index (κ1) is 19.6. The van der Waals surface area contributed by atoms with Gasteiger partial charge in [0.15, 0.2) is 5.96 Å². The van der Waals surface area contributed by atoms with Crippen molar-refractivity contribution in [2.45, 2.75) is 44.9 Å². The van der Waals surface area contributed by atoms with Gasteiger partial charge in [-0.25, -0.2) is 0 Å². The fourth-order valence-corrected chi connectivity index (χ4v) is 4.40. The zero-order chi connectivity index (χ0) is 19.1. The molecule has 2 heterocycles. The molecule has 1 amide bonds. The predicted octanol–water partition coefficient (Wildman–Crippen LogP) is 2.31. The maximum absolute atomic E-state index is 12.5. The van der Waals surface area contributed by atoms with Crippen molar-refractivity contribution >= 4 is 11.9 Å². The molecular weight excluding hydrogens is 338 g/mol. The summed E-state index contributed by atoms with van der Waals surface area (Å²) in [6.45, 7) is 3.08. The highest BCUT2D eigenvalue weighted by Crippen LogP contribution is 2.43. The molecule has 2 fully saturated rings. The largest absolute Gasteiger partial charge is 0.347 e. The zero-order valence-electron chi connectivity index (χ0n) is 16.8. The van der Waals surface area contributed by atoms with Gasteiger partial charge in [0.2, 0.25) is 5.91 Å². The van der Waals surface area contributed by atoms with Crippen LogP contribution < -0.4 is 5.32 Å². The normalized spacial score (nSPS) is 19.3. The van der Waals surface area contributed by atoms with Crippen LogP contribution >= 0.6 is 0 Å². The minimum absolute atomic E-state index is 0.0821. The molecule has 0 radical (unpaired) electrons. The summed E-state index contributed by atoms with van der Waals surface area (Å²) in [4.78, 5) is 25.3. The topological polar surface area (TPSA) is 60.8 Å². The molecule has 27 heavy (non-hydrogen) atoms. The summed E-state index contributed by atoms with van der Waals surface area (Å²) < 4.78 is 0. The van der Waals surface area contributed by atoms with Crippen molar-refractivity contribution in [2.24, 2.45) is 10.4 Å². The number of carbonyl (C=O) groups excluding carboxylic acids is 1. The number of pyridine rings is 1. The van der Waals surface area contributed by atoms with Crippen LogP contribution in [-0.4, -0.2) is 66.9 Å². The Labute approximate surface area is 163 Å². The van der Waals surface area contributed by atoms with Crippen LogP contribution in [0.15, 0.2) is 29.4 Å². The van der Waals surface area contributed by atoms with E-state index in [1.54, 1.807) is 11.1 Å². The number of amides is 1. The minimum Gasteiger partial charge on any atom is -0.347 e. The molecule has 1 aliphatic heterocycles. The number of aromatic nitrogens is 1. The first-order valence-electron chi connectivity index (χ1n) is 10.2. The average molecular weight is 372 g/mol. The molecule has 1 saturated heterocycles. The molecular formula is C21H33N5O. The fourth-order valence-electron chi connectivity index (χ4n) is 4.40. The molecule has 148 valence electrons. The molecule has 6 heteroatoms. The van der Waals surface area contributed by atoms with Crippen molar-refractivity contribution in [1.29, 1.82) is 0 Å². The van der Waals surface area contributed by atoms with Crippen LogP contribution in [0.4, 0.5) is 0 Å². The highest BCUT2D eigenvalue weighted by Gasteiger charge is 2.39. The third-order valence-electron chi connectivity index (χ3n) is 6.12. The first-order valence-corrected chi connectivity index (χ1v) is 10.2. The smallest absolute Gasteiger partial charge is 0.241 e. The molecule has 6 nitrogen and oxygen atoms in total. The molecule has 0 atom stereocenters. The lowest BCUT2D eigenvalue weighted by molar-refractivity contribution is -0.128. The Kier molecular flexibility index (Phi) is 6.69. The van der Waals surface area contributed by atoms with E-state index in [2.05, 4.69) is 20.2 Å². The van der Waals surface area contributed by atoms with Gasteiger partial charge in [0.05, 0.1) is 6.54 Å². The van der Waals surface area contributed by atoms with Gasteiger partial charge in [0, 0.05) is 52.0 Å². The van der Waals surface area contributed by atoms with E-state index in [0.717, 1.165) is 31.2 Å². The number of likely N-dealkylation sites (tertiary alicyclic amines) is 1. The predicted molar refractivity (Wildman–Crippen MR) is 109 cm³/mol. The number of nitrogens with one attached hydrogen (secondary N) is 1. The average Bonchev–Trinajstić information content (AvgIpc) is 3.10. The third kappa shape index (κ3) is 5.21. The molecule has 3 rings (SSSR count). The Bertz CT molecular complexity index is 639. The Hall–Kier alpha value is -2.11. The van der Waals surface area contributed by atoms with Gasteiger partial charge in [-0.2, -0.15) is 0 Å². The first-order chi connectivity index (χ1) is 13.1. The summed E-state index contributed by atoms with van der Waals surface area (Å²) in [6.07, 6.45) is 10.6. The van der Waals surface area contributed by atoms with Gasteiger partial charge >= 0.3 is 0 Å². The fraction of sp³-hybridized carbons (Fsp3) is 0.667. The summed E-state index contributed by atoms with van der Waals surface area (Å²) in [5, 5.41) is 3.28. The van der Waals surface area contributed by atoms with Crippen molar-refractivity contribution in [1.82, 2.24) is 20.1 Å². The Morgan fingerprint density at radius 3 is 2.81 bits per heavy atom. The molecule has 1 spiro atoms. The number of rotatable bonds is 5. The summed E-state index contributed by atoms with van der Waals surface area (Å²) >= 11 is 0. The molecule has 0 bridgehead atoms. The van der Waals surface area contributed by atoms with Gasteiger partial charge in [-0.15, -0.1) is 0 Å². The maximum Gasteiger partial charge on any atom is 0.241 e. The number of carbonyl (C=O) groups is 1. The third-order valence-corrected chi connectivity index (χ3v) is 6.12. The minimum atomic E-state index is 0.0821. The zero-order valence-corrected chi connectivity index (χ0v) is 16.8. The monoisotopic (exact) mass is 371 g/mol. The SMILES string of the molecule is CN=C(NCC(=O)N(C)CCc1ccccn1)N1CCC2(CCCCC2)C1. The lowest BCUT2D eigenvalue weighted by Gasteiger charge is -2.33. The van der Waals surface area contributed by atoms with Crippen molar-refractivity contribution in [3.05, 3.63) is 30.1 Å². The highest BCUT2D eigenvalue weighted by atomic mass is 16.2. The maximum atomic E-state index is 12.5. The second-order valence-electron chi connectivity index (χ2n) is 8.02. The number of likely N-dealkylation sites (N-methyl/N-ethyl adjacent to an activating group) is 1. The van der Waals surface area contributed by atoms with Gasteiger partial charge in [-0.1, -0.05) is 25.3 Å². The highest BCUT2D eigenvalue weighted by molar-refractivity contribution is 5.86. The Balaban J connectivity index is 1.44. The lowest BCUT2D eigenvalue weighted by Crippen LogP contribution is -2.46. The van der Waals surface area contributed by atoms with Crippen LogP contribution in [-0.2, 0) is 11.2 Å². The summed E-state index contributed by atoms with van der Waals surface area (Å²) in [5.74, 6) is 0.947. The quantitative estimate of drug-likeness (QED) is 0.637. The second kappa shape index (κ2) is 9.20. The molecule has 1 saturated carbocycles. The second-order valence-corrected chi connectivity index (χ2v) is 8.02. The number of aliphatic imine (C=N–C) groups is 1. The van der Waals surface area contributed by atoms with E-state index in [4.69, 9.17) is 0 Å². The molecule has 0 aromatic carbocycles. The van der Waals surface area contributed by atoms with Crippen LogP contribution in [0.2, 0.25) is 0 Å². The molecule has 1 N–H and O–H groups in total. The summed E-state index contributed by atoms with van der Waals surface area (Å²) in [7, 11) is 3.66. The Morgan fingerprint density at radius 1 is 1.30 bits per heavy atom. The van der Waals surface area contributed by atoms with Crippen molar-refractivity contribution in [3.63, 3.8) is 0 Å². The van der Waals surface area contributed by atoms with E-state index in [1.165, 1.54) is 38.5 Å². The van der Waals surface area contributed by atoms with E-state index in [1.807, 2.05) is 32.3 Å². The molecule has 1 aliphatic carbocycles. The van der Waals surface area contributed by atoms with Gasteiger partial charge in [0.1, 0.15) is 0 Å². The van der Waals surface area contributed by atoms with Gasteiger partial charge in [-0.3, -0.25) is 14.8 Å². The number of nitrogens with zero attached hydrogens (tertiary/aromatic N) is 4. The summed E-state index contributed by atoms with van der Waals surface area (Å²) in [5.41, 5.74) is 1.50. The van der Waals surface area contributed by atoms with Crippen molar-refractivity contribution < 1.29 is 4.79 Å². The van der Waals surface area contributed by atoms with Crippen molar-refractivity contribution in [3.8, 4) is 0 Å². The van der Waals surface area contributed by atoms with Crippen molar-refractivity contribution in [2.75, 3.05) is 40.3 Å². The van der Waals surface area contributed by atoms with Gasteiger partial charge in [-0.05, 0) is 36.8 Å². The molecule has 1 aromatic heterocycles. The molecule has 1 aromatic rings. The Morgan fingerprint density at radius 2 is 2.11 bits per heavy atom. The van der Waals surface area contributed by atoms with E-state index in [-0.39, 0.29) is 12.5 Å². The molecule has 2 aliphatic rings. The van der Waals surface area contributed by atoms with E-state index in [0.29, 0.717) is 12.0 Å². The van der Waals surface area contributed by atoms with Gasteiger partial charge in [0.25, 0.3) is 0 Å². The van der Waals surface area contributed by atoms with Gasteiger partial charge < -0.3 is 15.1 Å². The van der Waals surface area contributed by atoms with Crippen LogP contribution in [0.5, 0.6) is 0 Å². The number of hydrogen-bond donors (Lipinski definition) is 1. The molecule has 0 unspecified atom stereocenters. The van der Waals surface area contributed by atoms with E-state index >= 15 is 0 Å². The van der Waals surface area contributed by atoms with E-state index < -0.39 is 0 Å². The summed E-state index contributed by atoms with van der Waals surface area (Å²) in [6, 6.07) is 5.88. The number of guanidine groups is 1. The van der Waals surface area contributed by atoms with Crippen LogP contribution in [0.25, 0.3) is 0 Å². The van der Waals surface area contributed by atoms with E-state index in [9.17, 15) is 4.79 Å². The van der Waals surface area contributed by atoms with Crippen LogP contribution in [0, 0.1) is 5.41 Å². The lowest BCUT2D eigenvalue weighted by atomic mass is 9.73. The number of hydrogen-bond acceptors (Lipinski definition) is 3. The van der Waals surface area contributed by atoms with Crippen LogP contribution in [0.1, 0.15) is 44.2 Å².